The number of fused-ring (bicyclic) bond motifs is 1. The number of pyridine rings is 1. The molecule has 3 N–H and O–H groups in total. The Bertz CT molecular complexity index is 947. The van der Waals surface area contributed by atoms with Gasteiger partial charge in [0.25, 0.3) is 0 Å². The summed E-state index contributed by atoms with van der Waals surface area (Å²) in [5.41, 5.74) is 8.21. The fourth-order valence-corrected chi connectivity index (χ4v) is 3.17. The molecule has 0 spiro atoms. The van der Waals surface area contributed by atoms with Gasteiger partial charge in [-0.05, 0) is 24.6 Å². The number of aromatic nitrogens is 3. The molecule has 0 aliphatic carbocycles. The van der Waals surface area contributed by atoms with E-state index in [1.54, 1.807) is 6.20 Å². The van der Waals surface area contributed by atoms with Crippen molar-refractivity contribution in [3.05, 3.63) is 71.9 Å². The fraction of sp³-hybridized carbons (Fsp3) is 0.250. The van der Waals surface area contributed by atoms with E-state index in [1.807, 2.05) is 54.2 Å². The van der Waals surface area contributed by atoms with Gasteiger partial charge in [0.05, 0.1) is 19.2 Å². The first-order chi connectivity index (χ1) is 13.2. The number of imidazole rings is 1. The van der Waals surface area contributed by atoms with E-state index >= 15 is 0 Å². The van der Waals surface area contributed by atoms with Crippen molar-refractivity contribution >= 4 is 5.96 Å². The molecule has 0 bridgehead atoms. The lowest BCUT2D eigenvalue weighted by atomic mass is 10.0. The van der Waals surface area contributed by atoms with Gasteiger partial charge in [-0.2, -0.15) is 0 Å². The van der Waals surface area contributed by atoms with E-state index in [9.17, 15) is 0 Å². The van der Waals surface area contributed by atoms with E-state index in [0.717, 1.165) is 34.9 Å². The fourth-order valence-electron chi connectivity index (χ4n) is 3.17. The zero-order valence-corrected chi connectivity index (χ0v) is 15.2. The van der Waals surface area contributed by atoms with E-state index < -0.39 is 0 Å². The van der Waals surface area contributed by atoms with Crippen molar-refractivity contribution in [2.45, 2.75) is 25.9 Å². The second-order valence-electron chi connectivity index (χ2n) is 6.44. The second-order valence-corrected chi connectivity index (χ2v) is 6.44. The highest BCUT2D eigenvalue weighted by atomic mass is 16.5. The van der Waals surface area contributed by atoms with Crippen LogP contribution < -0.4 is 15.8 Å². The first-order valence-corrected chi connectivity index (χ1v) is 8.94. The molecule has 1 atom stereocenters. The second kappa shape index (κ2) is 7.49. The number of guanidine groups is 1. The number of nitrogens with zero attached hydrogens (tertiary/aromatic N) is 4. The largest absolute Gasteiger partial charge is 0.493 e. The average Bonchev–Trinajstić information content (AvgIpc) is 3.13. The average molecular weight is 362 g/mol. The summed E-state index contributed by atoms with van der Waals surface area (Å²) in [5.74, 6) is 3.07. The molecule has 1 aromatic carbocycles. The molecule has 1 unspecified atom stereocenters. The summed E-state index contributed by atoms with van der Waals surface area (Å²) in [6.07, 6.45) is 6.32. The summed E-state index contributed by atoms with van der Waals surface area (Å²) in [7, 11) is 0. The van der Waals surface area contributed by atoms with Gasteiger partial charge in [0, 0.05) is 30.6 Å². The number of nitrogens with two attached hydrogens (primary N) is 1. The van der Waals surface area contributed by atoms with E-state index in [0.29, 0.717) is 19.1 Å². The Morgan fingerprint density at radius 3 is 2.96 bits per heavy atom. The topological polar surface area (TPSA) is 90.4 Å². The molecule has 3 aromatic rings. The van der Waals surface area contributed by atoms with Crippen LogP contribution in [-0.4, -0.2) is 27.1 Å². The predicted molar refractivity (Wildman–Crippen MR) is 104 cm³/mol. The molecule has 2 aromatic heterocycles. The number of aryl methyl sites for hydroxylation is 1. The van der Waals surface area contributed by atoms with Crippen LogP contribution in [0.3, 0.4) is 0 Å². The number of ether oxygens (including phenoxy) is 1. The first-order valence-electron chi connectivity index (χ1n) is 8.94. The van der Waals surface area contributed by atoms with Crippen LogP contribution in [0.1, 0.15) is 29.4 Å². The number of aliphatic imine (C=N–C) groups is 1. The van der Waals surface area contributed by atoms with Gasteiger partial charge >= 0.3 is 0 Å². The van der Waals surface area contributed by atoms with E-state index in [1.165, 1.54) is 0 Å². The van der Waals surface area contributed by atoms with Crippen LogP contribution in [0.25, 0.3) is 5.82 Å². The van der Waals surface area contributed by atoms with E-state index in [-0.39, 0.29) is 6.04 Å². The standard InChI is InChI=1S/C20H22N6O/c1-14-22-9-10-26(14)19-7-6-15(12-23-19)13-24-20(21)25-17-8-11-27-18-5-3-2-4-16(17)18/h2-7,9-10,12,17H,8,11,13H2,1H3,(H3,21,24,25). The SMILES string of the molecule is Cc1nccn1-c1ccc(CN=C(N)NC2CCOc3ccccc32)cn1. The lowest BCUT2D eigenvalue weighted by molar-refractivity contribution is 0.262. The van der Waals surface area contributed by atoms with E-state index in [2.05, 4.69) is 26.3 Å². The Morgan fingerprint density at radius 1 is 1.30 bits per heavy atom. The number of para-hydroxylation sites is 1. The number of rotatable bonds is 4. The summed E-state index contributed by atoms with van der Waals surface area (Å²) in [5, 5.41) is 3.30. The highest BCUT2D eigenvalue weighted by Gasteiger charge is 2.21. The number of hydrogen-bond donors (Lipinski definition) is 2. The van der Waals surface area contributed by atoms with Gasteiger partial charge in [-0.25, -0.2) is 15.0 Å². The third kappa shape index (κ3) is 3.76. The minimum atomic E-state index is 0.114. The van der Waals surface area contributed by atoms with Gasteiger partial charge in [-0.1, -0.05) is 24.3 Å². The molecule has 0 saturated carbocycles. The van der Waals surface area contributed by atoms with Crippen LogP contribution in [-0.2, 0) is 6.54 Å². The molecule has 138 valence electrons. The molecular weight excluding hydrogens is 340 g/mol. The van der Waals surface area contributed by atoms with Gasteiger partial charge in [0.2, 0.25) is 0 Å². The summed E-state index contributed by atoms with van der Waals surface area (Å²) in [6, 6.07) is 12.1. The van der Waals surface area contributed by atoms with Gasteiger partial charge in [0.1, 0.15) is 17.4 Å². The quantitative estimate of drug-likeness (QED) is 0.550. The minimum absolute atomic E-state index is 0.114. The smallest absolute Gasteiger partial charge is 0.189 e. The zero-order valence-electron chi connectivity index (χ0n) is 15.2. The molecule has 7 nitrogen and oxygen atoms in total. The Kier molecular flexibility index (Phi) is 4.74. The zero-order chi connectivity index (χ0) is 18.6. The third-order valence-electron chi connectivity index (χ3n) is 4.59. The van der Waals surface area contributed by atoms with Gasteiger partial charge in [-0.3, -0.25) is 4.57 Å². The molecule has 7 heteroatoms. The number of hydrogen-bond acceptors (Lipinski definition) is 4. The maximum atomic E-state index is 6.10. The van der Waals surface area contributed by atoms with Crippen molar-refractivity contribution in [3.8, 4) is 11.6 Å². The van der Waals surface area contributed by atoms with Crippen molar-refractivity contribution in [3.63, 3.8) is 0 Å². The molecule has 0 radical (unpaired) electrons. The summed E-state index contributed by atoms with van der Waals surface area (Å²) >= 11 is 0. The first kappa shape index (κ1) is 17.1. The maximum Gasteiger partial charge on any atom is 0.189 e. The van der Waals surface area contributed by atoms with Gasteiger partial charge in [0.15, 0.2) is 5.96 Å². The Hall–Kier alpha value is -3.35. The predicted octanol–water partition coefficient (Wildman–Crippen LogP) is 2.50. The van der Waals surface area contributed by atoms with Gasteiger partial charge in [-0.15, -0.1) is 0 Å². The third-order valence-corrected chi connectivity index (χ3v) is 4.59. The Labute approximate surface area is 157 Å². The van der Waals surface area contributed by atoms with Crippen LogP contribution in [0.5, 0.6) is 5.75 Å². The maximum absolute atomic E-state index is 6.10. The normalized spacial score (nSPS) is 16.5. The molecule has 4 rings (SSSR count). The highest BCUT2D eigenvalue weighted by Crippen LogP contribution is 2.31. The molecule has 27 heavy (non-hydrogen) atoms. The monoisotopic (exact) mass is 362 g/mol. The molecule has 0 fully saturated rings. The highest BCUT2D eigenvalue weighted by molar-refractivity contribution is 5.78. The van der Waals surface area contributed by atoms with Crippen LogP contribution in [0.15, 0.2) is 60.0 Å². The van der Waals surface area contributed by atoms with Crippen LogP contribution in [0.2, 0.25) is 0 Å². The van der Waals surface area contributed by atoms with Crippen LogP contribution in [0, 0.1) is 6.92 Å². The molecule has 3 heterocycles. The van der Waals surface area contributed by atoms with Crippen molar-refractivity contribution in [2.75, 3.05) is 6.61 Å². The lowest BCUT2D eigenvalue weighted by Gasteiger charge is -2.26. The molecular formula is C20H22N6O. The van der Waals surface area contributed by atoms with Crippen LogP contribution in [0.4, 0.5) is 0 Å². The van der Waals surface area contributed by atoms with Crippen molar-refractivity contribution < 1.29 is 4.74 Å². The minimum Gasteiger partial charge on any atom is -0.493 e. The summed E-state index contributed by atoms with van der Waals surface area (Å²) in [6.45, 7) is 3.08. The summed E-state index contributed by atoms with van der Waals surface area (Å²) < 4.78 is 7.62. The number of nitrogens with one attached hydrogen (secondary N) is 1. The molecule has 0 amide bonds. The van der Waals surface area contributed by atoms with Crippen molar-refractivity contribution in [1.82, 2.24) is 19.9 Å². The lowest BCUT2D eigenvalue weighted by Crippen LogP contribution is -2.37. The van der Waals surface area contributed by atoms with Crippen molar-refractivity contribution in [2.24, 2.45) is 10.7 Å². The molecule has 1 aliphatic rings. The molecule has 1 aliphatic heterocycles. The molecule has 0 saturated heterocycles. The number of benzene rings is 1. The van der Waals surface area contributed by atoms with Gasteiger partial charge < -0.3 is 15.8 Å². The Morgan fingerprint density at radius 2 is 2.19 bits per heavy atom. The van der Waals surface area contributed by atoms with Crippen molar-refractivity contribution in [1.29, 1.82) is 0 Å². The Balaban J connectivity index is 1.41. The summed E-state index contributed by atoms with van der Waals surface area (Å²) in [4.78, 5) is 13.1. The van der Waals surface area contributed by atoms with Crippen LogP contribution >= 0.6 is 0 Å². The van der Waals surface area contributed by atoms with E-state index in [4.69, 9.17) is 10.5 Å².